The lowest BCUT2D eigenvalue weighted by Crippen LogP contribution is -2.31. The second-order valence-corrected chi connectivity index (χ2v) is 4.56. The van der Waals surface area contributed by atoms with Crippen molar-refractivity contribution in [2.75, 3.05) is 0 Å². The Balaban J connectivity index is 2.47. The molecule has 5 nitrogen and oxygen atoms in total. The van der Waals surface area contributed by atoms with Crippen molar-refractivity contribution in [3.05, 3.63) is 56.4 Å². The van der Waals surface area contributed by atoms with E-state index >= 15 is 0 Å². The van der Waals surface area contributed by atoms with Crippen molar-refractivity contribution in [3.63, 3.8) is 0 Å². The highest BCUT2D eigenvalue weighted by Crippen LogP contribution is 2.08. The number of nitrogens with zero attached hydrogens (tertiary/aromatic N) is 2. The molecular weight excluding hydrogens is 271 g/mol. The summed E-state index contributed by atoms with van der Waals surface area (Å²) in [7, 11) is 0. The number of rotatable bonds is 2. The molecule has 1 aromatic carbocycles. The number of carbonyl (C=O) groups is 1. The molecule has 0 radical (unpaired) electrons. The van der Waals surface area contributed by atoms with Gasteiger partial charge in [0.15, 0.2) is 0 Å². The monoisotopic (exact) mass is 280 g/mol. The van der Waals surface area contributed by atoms with E-state index in [1.165, 1.54) is 12.1 Å². The Labute approximate surface area is 111 Å². The van der Waals surface area contributed by atoms with E-state index < -0.39 is 22.3 Å². The van der Waals surface area contributed by atoms with Crippen molar-refractivity contribution in [1.82, 2.24) is 4.57 Å². The third-order valence-corrected chi connectivity index (χ3v) is 3.32. The third kappa shape index (κ3) is 2.45. The summed E-state index contributed by atoms with van der Waals surface area (Å²) in [4.78, 5) is 23.3. The Kier molecular flexibility index (Phi) is 3.57. The molecule has 0 aliphatic carbocycles. The van der Waals surface area contributed by atoms with Crippen LogP contribution in [-0.2, 0) is 0 Å². The Bertz CT molecular complexity index is 701. The lowest BCUT2D eigenvalue weighted by Gasteiger charge is -2.05. The Hall–Kier alpha value is -2.28. The zero-order chi connectivity index (χ0) is 14.0. The highest BCUT2D eigenvalue weighted by molar-refractivity contribution is 7.07. The van der Waals surface area contributed by atoms with Gasteiger partial charge in [0.1, 0.15) is 5.82 Å². The van der Waals surface area contributed by atoms with Gasteiger partial charge < -0.3 is 5.21 Å². The van der Waals surface area contributed by atoms with E-state index in [4.69, 9.17) is 5.21 Å². The molecule has 0 atom stereocenters. The number of hydrogen-bond donors (Lipinski definition) is 1. The average Bonchev–Trinajstić information content (AvgIpc) is 2.72. The number of Topliss-reactive ketones (excluding diaryl/α,β-unsaturated/α-hetero) is 1. The summed E-state index contributed by atoms with van der Waals surface area (Å²) >= 11 is 0.893. The number of carbonyl (C=O) groups excluding carboxylic acids is 1. The molecule has 0 amide bonds. The third-order valence-electron chi connectivity index (χ3n) is 2.48. The minimum atomic E-state index is -0.661. The molecule has 1 aromatic heterocycles. The number of ketones is 1. The summed E-state index contributed by atoms with van der Waals surface area (Å²) in [6.07, 6.45) is 0. The largest absolute Gasteiger partial charge is 0.409 e. The zero-order valence-corrected chi connectivity index (χ0v) is 10.6. The van der Waals surface area contributed by atoms with Gasteiger partial charge in [0, 0.05) is 16.6 Å². The molecular formula is C12H9FN2O3S. The summed E-state index contributed by atoms with van der Waals surface area (Å²) in [5.41, 5.74) is 0.616. The molecule has 1 heterocycles. The van der Waals surface area contributed by atoms with E-state index in [9.17, 15) is 14.0 Å². The average molecular weight is 280 g/mol. The van der Waals surface area contributed by atoms with Crippen LogP contribution >= 0.6 is 11.3 Å². The fourth-order valence-corrected chi connectivity index (χ4v) is 2.27. The Morgan fingerprint density at radius 3 is 2.47 bits per heavy atom. The molecule has 0 aliphatic rings. The number of aromatic nitrogens is 1. The standard InChI is InChI=1S/C12H9FN2O3S/c1-7-6-19-12(17)15(7)11(14-18)10(16)8-2-4-9(13)5-3-8/h2-6,18H,1H3/b14-11-. The van der Waals surface area contributed by atoms with Gasteiger partial charge in [-0.25, -0.2) is 8.96 Å². The lowest BCUT2D eigenvalue weighted by molar-refractivity contribution is 0.105. The van der Waals surface area contributed by atoms with E-state index in [0.29, 0.717) is 5.69 Å². The maximum Gasteiger partial charge on any atom is 0.313 e. The summed E-state index contributed by atoms with van der Waals surface area (Å²) in [5, 5.41) is 13.4. The second-order valence-electron chi connectivity index (χ2n) is 3.74. The molecule has 0 unspecified atom stereocenters. The maximum absolute atomic E-state index is 12.8. The fraction of sp³-hybridized carbons (Fsp3) is 0.0833. The van der Waals surface area contributed by atoms with E-state index in [2.05, 4.69) is 5.16 Å². The van der Waals surface area contributed by atoms with Gasteiger partial charge in [-0.05, 0) is 31.2 Å². The number of halogens is 1. The van der Waals surface area contributed by atoms with Crippen LogP contribution in [0.5, 0.6) is 0 Å². The first-order chi connectivity index (χ1) is 9.04. The van der Waals surface area contributed by atoms with Crippen LogP contribution < -0.4 is 4.87 Å². The first-order valence-corrected chi connectivity index (χ1v) is 6.12. The smallest absolute Gasteiger partial charge is 0.313 e. The first-order valence-electron chi connectivity index (χ1n) is 5.24. The van der Waals surface area contributed by atoms with Gasteiger partial charge in [0.05, 0.1) is 0 Å². The highest BCUT2D eigenvalue weighted by Gasteiger charge is 2.20. The molecule has 19 heavy (non-hydrogen) atoms. The highest BCUT2D eigenvalue weighted by atomic mass is 32.1. The van der Waals surface area contributed by atoms with Crippen molar-refractivity contribution in [2.24, 2.45) is 5.16 Å². The molecule has 0 fully saturated rings. The predicted octanol–water partition coefficient (Wildman–Crippen LogP) is 1.88. The molecule has 2 rings (SSSR count). The first kappa shape index (κ1) is 13.2. The van der Waals surface area contributed by atoms with Gasteiger partial charge in [0.25, 0.3) is 0 Å². The van der Waals surface area contributed by atoms with E-state index in [0.717, 1.165) is 28.0 Å². The normalized spacial score (nSPS) is 11.6. The molecule has 0 spiro atoms. The minimum absolute atomic E-state index is 0.131. The number of oxime groups is 1. The number of aryl methyl sites for hydroxylation is 1. The SMILES string of the molecule is Cc1csc(=O)n1/C(=N\O)C(=O)c1ccc(F)cc1. The van der Waals surface area contributed by atoms with Gasteiger partial charge in [-0.2, -0.15) is 0 Å². The summed E-state index contributed by atoms with van der Waals surface area (Å²) in [6, 6.07) is 4.75. The number of hydrogen-bond acceptors (Lipinski definition) is 5. The molecule has 98 valence electrons. The topological polar surface area (TPSA) is 71.7 Å². The Morgan fingerprint density at radius 1 is 1.37 bits per heavy atom. The van der Waals surface area contributed by atoms with Gasteiger partial charge in [-0.15, -0.1) is 0 Å². The molecule has 0 saturated heterocycles. The van der Waals surface area contributed by atoms with Crippen LogP contribution in [0.15, 0.2) is 39.6 Å². The fourth-order valence-electron chi connectivity index (χ4n) is 1.56. The number of benzene rings is 1. The minimum Gasteiger partial charge on any atom is -0.409 e. The van der Waals surface area contributed by atoms with Crippen molar-refractivity contribution in [1.29, 1.82) is 0 Å². The molecule has 0 aliphatic heterocycles. The van der Waals surface area contributed by atoms with Gasteiger partial charge >= 0.3 is 4.87 Å². The van der Waals surface area contributed by atoms with Crippen LogP contribution in [0.2, 0.25) is 0 Å². The Morgan fingerprint density at radius 2 is 2.00 bits per heavy atom. The van der Waals surface area contributed by atoms with Gasteiger partial charge in [-0.1, -0.05) is 16.5 Å². The quantitative estimate of drug-likeness (QED) is 0.300. The van der Waals surface area contributed by atoms with Crippen LogP contribution in [0.1, 0.15) is 16.1 Å². The molecule has 0 saturated carbocycles. The van der Waals surface area contributed by atoms with Crippen LogP contribution in [0, 0.1) is 12.7 Å². The van der Waals surface area contributed by atoms with E-state index in [1.54, 1.807) is 12.3 Å². The van der Waals surface area contributed by atoms with E-state index in [1.807, 2.05) is 0 Å². The van der Waals surface area contributed by atoms with Crippen LogP contribution in [0.25, 0.3) is 0 Å². The lowest BCUT2D eigenvalue weighted by atomic mass is 10.1. The summed E-state index contributed by atoms with van der Waals surface area (Å²) < 4.78 is 13.8. The second kappa shape index (κ2) is 5.15. The van der Waals surface area contributed by atoms with Crippen molar-refractivity contribution in [2.45, 2.75) is 6.92 Å². The van der Waals surface area contributed by atoms with Crippen LogP contribution in [-0.4, -0.2) is 21.4 Å². The predicted molar refractivity (Wildman–Crippen MR) is 68.7 cm³/mol. The van der Waals surface area contributed by atoms with E-state index in [-0.39, 0.29) is 5.56 Å². The maximum atomic E-state index is 12.8. The van der Waals surface area contributed by atoms with Crippen molar-refractivity contribution in [3.8, 4) is 0 Å². The summed E-state index contributed by atoms with van der Waals surface area (Å²) in [5.74, 6) is -1.55. The molecule has 7 heteroatoms. The summed E-state index contributed by atoms with van der Waals surface area (Å²) in [6.45, 7) is 1.61. The van der Waals surface area contributed by atoms with Crippen molar-refractivity contribution >= 4 is 23.0 Å². The molecule has 0 bridgehead atoms. The van der Waals surface area contributed by atoms with Gasteiger partial charge in [-0.3, -0.25) is 9.59 Å². The van der Waals surface area contributed by atoms with Gasteiger partial charge in [0.2, 0.25) is 11.6 Å². The van der Waals surface area contributed by atoms with Crippen molar-refractivity contribution < 1.29 is 14.4 Å². The molecule has 1 N–H and O–H groups in total. The molecule has 2 aromatic rings. The number of thiazole rings is 1. The van der Waals surface area contributed by atoms with Crippen LogP contribution in [0.3, 0.4) is 0 Å². The van der Waals surface area contributed by atoms with Crippen LogP contribution in [0.4, 0.5) is 4.39 Å². The zero-order valence-electron chi connectivity index (χ0n) is 9.83.